The third-order valence-corrected chi connectivity index (χ3v) is 4.08. The van der Waals surface area contributed by atoms with Crippen molar-refractivity contribution in [2.24, 2.45) is 10.2 Å². The molecular weight excluding hydrogens is 376 g/mol. The van der Waals surface area contributed by atoms with Gasteiger partial charge in [-0.3, -0.25) is 15.1 Å². The Kier molecular flexibility index (Phi) is 5.79. The Balaban J connectivity index is 1.67. The summed E-state index contributed by atoms with van der Waals surface area (Å²) in [5.74, 6) is 0.503. The Labute approximate surface area is 166 Å². The second kappa shape index (κ2) is 8.44. The fraction of sp³-hybridized carbons (Fsp3) is 0.150. The number of hydrogen-bond acceptors (Lipinski definition) is 8. The van der Waals surface area contributed by atoms with Crippen molar-refractivity contribution in [3.8, 4) is 11.5 Å². The molecule has 0 aliphatic heterocycles. The highest BCUT2D eigenvalue weighted by atomic mass is 16.6. The molecule has 3 aromatic rings. The Bertz CT molecular complexity index is 1030. The molecule has 0 aliphatic carbocycles. The molecule has 1 heterocycles. The van der Waals surface area contributed by atoms with Gasteiger partial charge in [0.15, 0.2) is 0 Å². The molecule has 1 atom stereocenters. The molecule has 0 bridgehead atoms. The van der Waals surface area contributed by atoms with E-state index in [4.69, 9.17) is 4.74 Å². The summed E-state index contributed by atoms with van der Waals surface area (Å²) in [6.45, 7) is 3.56. The van der Waals surface area contributed by atoms with Gasteiger partial charge in [-0.05, 0) is 61.4 Å². The zero-order valence-electron chi connectivity index (χ0n) is 15.7. The summed E-state index contributed by atoms with van der Waals surface area (Å²) in [6, 6.07) is 11.9. The third-order valence-electron chi connectivity index (χ3n) is 4.08. The number of nitro groups is 1. The van der Waals surface area contributed by atoms with Gasteiger partial charge in [-0.25, -0.2) is 0 Å². The van der Waals surface area contributed by atoms with Gasteiger partial charge in [-0.15, -0.1) is 5.11 Å². The lowest BCUT2D eigenvalue weighted by atomic mass is 10.1. The number of pyridine rings is 1. The Morgan fingerprint density at radius 2 is 1.66 bits per heavy atom. The van der Waals surface area contributed by atoms with Crippen LogP contribution in [0.2, 0.25) is 0 Å². The number of benzene rings is 2. The quantitative estimate of drug-likeness (QED) is 0.267. The molecule has 0 saturated heterocycles. The van der Waals surface area contributed by atoms with Crippen molar-refractivity contribution in [1.82, 2.24) is 4.98 Å². The van der Waals surface area contributed by atoms with Gasteiger partial charge < -0.3 is 14.9 Å². The first-order valence-corrected chi connectivity index (χ1v) is 8.60. The number of phenolic OH excluding ortho intramolecular Hbond substituents is 1. The first-order valence-electron chi connectivity index (χ1n) is 8.60. The van der Waals surface area contributed by atoms with Crippen molar-refractivity contribution in [3.63, 3.8) is 0 Å². The highest BCUT2D eigenvalue weighted by molar-refractivity contribution is 5.51. The summed E-state index contributed by atoms with van der Waals surface area (Å²) in [6.07, 6.45) is 0.0892. The molecule has 2 aromatic carbocycles. The van der Waals surface area contributed by atoms with Gasteiger partial charge in [0.05, 0.1) is 16.8 Å². The summed E-state index contributed by atoms with van der Waals surface area (Å²) in [5.41, 5.74) is 2.67. The number of nitrogens with zero attached hydrogens (tertiary/aromatic N) is 4. The van der Waals surface area contributed by atoms with E-state index in [0.717, 1.165) is 0 Å². The number of phenols is 1. The van der Waals surface area contributed by atoms with E-state index in [2.05, 4.69) is 15.2 Å². The summed E-state index contributed by atoms with van der Waals surface area (Å²) in [5, 5.41) is 38.8. The number of aliphatic hydroxyl groups is 1. The zero-order valence-corrected chi connectivity index (χ0v) is 15.7. The minimum atomic E-state index is -1.34. The van der Waals surface area contributed by atoms with Crippen LogP contribution in [0.1, 0.15) is 23.1 Å². The SMILES string of the molecule is Cc1cc(/N=N/c2ccc(C(O)Oc3ccc([N+](=O)[O-])cc3)nc2)cc(C)c1O. The highest BCUT2D eigenvalue weighted by Crippen LogP contribution is 2.28. The molecule has 1 aromatic heterocycles. The van der Waals surface area contributed by atoms with Crippen LogP contribution < -0.4 is 4.74 Å². The number of aromatic nitrogens is 1. The smallest absolute Gasteiger partial charge is 0.269 e. The molecule has 0 amide bonds. The van der Waals surface area contributed by atoms with E-state index in [1.54, 1.807) is 32.0 Å². The Hall–Kier alpha value is -3.85. The van der Waals surface area contributed by atoms with Crippen LogP contribution in [0.15, 0.2) is 65.0 Å². The minimum Gasteiger partial charge on any atom is -0.507 e. The van der Waals surface area contributed by atoms with Gasteiger partial charge >= 0.3 is 0 Å². The predicted molar refractivity (Wildman–Crippen MR) is 105 cm³/mol. The lowest BCUT2D eigenvalue weighted by Gasteiger charge is -2.12. The largest absolute Gasteiger partial charge is 0.507 e. The summed E-state index contributed by atoms with van der Waals surface area (Å²) in [4.78, 5) is 14.2. The molecule has 2 N–H and O–H groups in total. The van der Waals surface area contributed by atoms with Crippen LogP contribution >= 0.6 is 0 Å². The number of rotatable bonds is 6. The average Bonchev–Trinajstić information content (AvgIpc) is 2.71. The van der Waals surface area contributed by atoms with Crippen LogP contribution in [-0.2, 0) is 0 Å². The van der Waals surface area contributed by atoms with Gasteiger partial charge in [-0.2, -0.15) is 5.11 Å². The highest BCUT2D eigenvalue weighted by Gasteiger charge is 2.12. The number of aromatic hydroxyl groups is 1. The Morgan fingerprint density at radius 3 is 2.21 bits per heavy atom. The average molecular weight is 394 g/mol. The van der Waals surface area contributed by atoms with E-state index in [-0.39, 0.29) is 22.9 Å². The zero-order chi connectivity index (χ0) is 21.0. The van der Waals surface area contributed by atoms with Crippen LogP contribution in [0.5, 0.6) is 11.5 Å². The third kappa shape index (κ3) is 4.90. The fourth-order valence-electron chi connectivity index (χ4n) is 2.54. The minimum absolute atomic E-state index is 0.0707. The fourth-order valence-corrected chi connectivity index (χ4v) is 2.54. The first kappa shape index (κ1) is 19.9. The lowest BCUT2D eigenvalue weighted by Crippen LogP contribution is -2.08. The number of non-ortho nitro benzene ring substituents is 1. The molecular formula is C20H18N4O5. The van der Waals surface area contributed by atoms with Crippen LogP contribution in [0.25, 0.3) is 0 Å². The van der Waals surface area contributed by atoms with Crippen molar-refractivity contribution in [2.75, 3.05) is 0 Å². The second-order valence-electron chi connectivity index (χ2n) is 6.29. The molecule has 9 heteroatoms. The molecule has 0 spiro atoms. The van der Waals surface area contributed by atoms with Gasteiger partial charge in [0.1, 0.15) is 22.9 Å². The molecule has 0 aliphatic rings. The van der Waals surface area contributed by atoms with E-state index >= 15 is 0 Å². The normalized spacial score (nSPS) is 12.1. The van der Waals surface area contributed by atoms with Gasteiger partial charge in [-0.1, -0.05) is 0 Å². The number of aliphatic hydroxyl groups excluding tert-OH is 1. The molecule has 1 unspecified atom stereocenters. The standard InChI is InChI=1S/C20H18N4O5/c1-12-9-15(10-13(2)19(12)25)23-22-14-3-8-18(21-11-14)20(26)29-17-6-4-16(5-7-17)24(27)28/h3-11,20,25-26H,1-2H3/b23-22+. The van der Waals surface area contributed by atoms with Crippen LogP contribution in [0, 0.1) is 24.0 Å². The maximum Gasteiger partial charge on any atom is 0.269 e. The van der Waals surface area contributed by atoms with E-state index in [1.165, 1.54) is 36.5 Å². The van der Waals surface area contributed by atoms with E-state index in [0.29, 0.717) is 22.5 Å². The Morgan fingerprint density at radius 1 is 1.03 bits per heavy atom. The summed E-state index contributed by atoms with van der Waals surface area (Å²) < 4.78 is 5.33. The molecule has 148 valence electrons. The van der Waals surface area contributed by atoms with E-state index < -0.39 is 11.2 Å². The number of ether oxygens (including phenoxy) is 1. The van der Waals surface area contributed by atoms with Crippen LogP contribution in [-0.4, -0.2) is 20.1 Å². The van der Waals surface area contributed by atoms with Gasteiger partial charge in [0.2, 0.25) is 6.29 Å². The number of aryl methyl sites for hydroxylation is 2. The van der Waals surface area contributed by atoms with E-state index in [9.17, 15) is 20.3 Å². The molecule has 9 nitrogen and oxygen atoms in total. The molecule has 0 fully saturated rings. The second-order valence-corrected chi connectivity index (χ2v) is 6.29. The predicted octanol–water partition coefficient (Wildman–Crippen LogP) is 4.80. The topological polar surface area (TPSA) is 130 Å². The maximum atomic E-state index is 10.7. The number of nitro benzene ring substituents is 1. The lowest BCUT2D eigenvalue weighted by molar-refractivity contribution is -0.384. The van der Waals surface area contributed by atoms with Crippen molar-refractivity contribution in [2.45, 2.75) is 20.1 Å². The molecule has 29 heavy (non-hydrogen) atoms. The summed E-state index contributed by atoms with van der Waals surface area (Å²) >= 11 is 0. The van der Waals surface area contributed by atoms with Crippen LogP contribution in [0.3, 0.4) is 0 Å². The van der Waals surface area contributed by atoms with Crippen molar-refractivity contribution < 1.29 is 19.9 Å². The van der Waals surface area contributed by atoms with Crippen LogP contribution in [0.4, 0.5) is 17.1 Å². The van der Waals surface area contributed by atoms with Crippen molar-refractivity contribution in [1.29, 1.82) is 0 Å². The molecule has 0 saturated carbocycles. The molecule has 0 radical (unpaired) electrons. The summed E-state index contributed by atoms with van der Waals surface area (Å²) in [7, 11) is 0. The number of hydrogen-bond donors (Lipinski definition) is 2. The maximum absolute atomic E-state index is 10.7. The monoisotopic (exact) mass is 394 g/mol. The van der Waals surface area contributed by atoms with Gasteiger partial charge in [0, 0.05) is 12.1 Å². The number of azo groups is 1. The van der Waals surface area contributed by atoms with E-state index in [1.807, 2.05) is 0 Å². The van der Waals surface area contributed by atoms with Gasteiger partial charge in [0.25, 0.3) is 5.69 Å². The van der Waals surface area contributed by atoms with Crippen molar-refractivity contribution >= 4 is 17.1 Å². The van der Waals surface area contributed by atoms with Crippen molar-refractivity contribution in [3.05, 3.63) is 81.7 Å². The molecule has 3 rings (SSSR count). The first-order chi connectivity index (χ1) is 13.8.